The molecule has 0 fully saturated rings. The maximum Gasteiger partial charge on any atom is 0.0492 e. The van der Waals surface area contributed by atoms with Crippen LogP contribution in [0.5, 0.6) is 0 Å². The predicted molar refractivity (Wildman–Crippen MR) is 72.6 cm³/mol. The molecule has 3 nitrogen and oxygen atoms in total. The van der Waals surface area contributed by atoms with E-state index >= 15 is 0 Å². The van der Waals surface area contributed by atoms with Crippen molar-refractivity contribution in [2.45, 2.75) is 18.9 Å². The number of nitrogens with two attached hydrogens (primary N) is 1. The molecule has 0 bridgehead atoms. The summed E-state index contributed by atoms with van der Waals surface area (Å²) in [6, 6.07) is 10.3. The molecule has 0 aliphatic carbocycles. The quantitative estimate of drug-likeness (QED) is 0.942. The summed E-state index contributed by atoms with van der Waals surface area (Å²) in [5.74, 6) is 0. The van der Waals surface area contributed by atoms with Crippen LogP contribution >= 0.6 is 15.9 Å². The van der Waals surface area contributed by atoms with Gasteiger partial charge in [0.15, 0.2) is 0 Å². The van der Waals surface area contributed by atoms with Gasteiger partial charge in [0.1, 0.15) is 0 Å². The Bertz CT molecular complexity index is 476. The summed E-state index contributed by atoms with van der Waals surface area (Å²) in [4.78, 5) is 0. The van der Waals surface area contributed by atoms with Gasteiger partial charge in [-0.25, -0.2) is 0 Å². The lowest BCUT2D eigenvalue weighted by Crippen LogP contribution is -2.12. The molecule has 1 heterocycles. The molecule has 0 saturated heterocycles. The van der Waals surface area contributed by atoms with Gasteiger partial charge in [0, 0.05) is 29.5 Å². The summed E-state index contributed by atoms with van der Waals surface area (Å²) in [5.41, 5.74) is 8.56. The lowest BCUT2D eigenvalue weighted by Gasteiger charge is -2.12. The second kappa shape index (κ2) is 5.47. The number of aryl methyl sites for hydroxylation is 2. The molecule has 1 aromatic heterocycles. The lowest BCUT2D eigenvalue weighted by atomic mass is 10.0. The maximum absolute atomic E-state index is 6.17. The van der Waals surface area contributed by atoms with Crippen molar-refractivity contribution < 1.29 is 0 Å². The van der Waals surface area contributed by atoms with E-state index in [0.717, 1.165) is 17.3 Å². The van der Waals surface area contributed by atoms with Gasteiger partial charge >= 0.3 is 0 Å². The summed E-state index contributed by atoms with van der Waals surface area (Å²) in [6.45, 7) is 0. The van der Waals surface area contributed by atoms with E-state index in [4.69, 9.17) is 5.73 Å². The Labute approximate surface area is 110 Å². The molecule has 0 saturated carbocycles. The van der Waals surface area contributed by atoms with Gasteiger partial charge in [-0.1, -0.05) is 28.1 Å². The van der Waals surface area contributed by atoms with Crippen molar-refractivity contribution in [1.82, 2.24) is 9.78 Å². The molecule has 2 N–H and O–H groups in total. The van der Waals surface area contributed by atoms with Gasteiger partial charge in [0.2, 0.25) is 0 Å². The summed E-state index contributed by atoms with van der Waals surface area (Å²) in [5, 5.41) is 4.15. The monoisotopic (exact) mass is 293 g/mol. The smallest absolute Gasteiger partial charge is 0.0492 e. The zero-order valence-electron chi connectivity index (χ0n) is 9.81. The van der Waals surface area contributed by atoms with Crippen LogP contribution in [-0.2, 0) is 13.5 Å². The average Bonchev–Trinajstić information content (AvgIpc) is 2.73. The minimum atomic E-state index is 0.0815. The van der Waals surface area contributed by atoms with Crippen molar-refractivity contribution in [2.24, 2.45) is 12.8 Å². The maximum atomic E-state index is 6.17. The first-order valence-electron chi connectivity index (χ1n) is 5.65. The topological polar surface area (TPSA) is 43.8 Å². The van der Waals surface area contributed by atoms with Crippen LogP contribution in [0.3, 0.4) is 0 Å². The highest BCUT2D eigenvalue weighted by molar-refractivity contribution is 9.10. The molecule has 1 aromatic carbocycles. The number of hydrogen-bond acceptors (Lipinski definition) is 2. The Kier molecular flexibility index (Phi) is 3.97. The van der Waals surface area contributed by atoms with Crippen molar-refractivity contribution in [3.05, 3.63) is 52.3 Å². The van der Waals surface area contributed by atoms with E-state index < -0.39 is 0 Å². The number of rotatable bonds is 4. The third-order valence-electron chi connectivity index (χ3n) is 2.93. The third kappa shape index (κ3) is 3.17. The minimum Gasteiger partial charge on any atom is -0.324 e. The Hall–Kier alpha value is -1.13. The van der Waals surface area contributed by atoms with Gasteiger partial charge in [-0.2, -0.15) is 5.10 Å². The largest absolute Gasteiger partial charge is 0.324 e. The van der Waals surface area contributed by atoms with E-state index in [-0.39, 0.29) is 6.04 Å². The zero-order chi connectivity index (χ0) is 12.3. The first-order chi connectivity index (χ1) is 8.16. The van der Waals surface area contributed by atoms with Crippen LogP contribution in [0.25, 0.3) is 0 Å². The molecule has 90 valence electrons. The van der Waals surface area contributed by atoms with Gasteiger partial charge in [-0.05, 0) is 36.6 Å². The average molecular weight is 294 g/mol. The van der Waals surface area contributed by atoms with Crippen LogP contribution in [0.4, 0.5) is 0 Å². The van der Waals surface area contributed by atoms with Gasteiger partial charge in [-0.3, -0.25) is 4.68 Å². The number of benzene rings is 1. The fraction of sp³-hybridized carbons (Fsp3) is 0.308. The van der Waals surface area contributed by atoms with E-state index in [1.807, 2.05) is 36.1 Å². The lowest BCUT2D eigenvalue weighted by molar-refractivity contribution is 0.614. The van der Waals surface area contributed by atoms with E-state index in [0.29, 0.717) is 0 Å². The second-order valence-electron chi connectivity index (χ2n) is 4.14. The van der Waals surface area contributed by atoms with Gasteiger partial charge < -0.3 is 5.73 Å². The van der Waals surface area contributed by atoms with Crippen molar-refractivity contribution >= 4 is 15.9 Å². The summed E-state index contributed by atoms with van der Waals surface area (Å²) in [7, 11) is 1.96. The molecular formula is C13H16BrN3. The Balaban J connectivity index is 1.95. The van der Waals surface area contributed by atoms with Crippen LogP contribution in [0, 0.1) is 0 Å². The molecule has 0 aliphatic rings. The van der Waals surface area contributed by atoms with Crippen molar-refractivity contribution in [1.29, 1.82) is 0 Å². The number of halogens is 1. The number of aromatic nitrogens is 2. The highest BCUT2D eigenvalue weighted by atomic mass is 79.9. The van der Waals surface area contributed by atoms with E-state index in [1.165, 1.54) is 11.3 Å². The molecule has 1 unspecified atom stereocenters. The van der Waals surface area contributed by atoms with Crippen molar-refractivity contribution in [2.75, 3.05) is 0 Å². The highest BCUT2D eigenvalue weighted by Gasteiger charge is 2.07. The molecule has 0 radical (unpaired) electrons. The molecular weight excluding hydrogens is 278 g/mol. The molecule has 0 amide bonds. The summed E-state index contributed by atoms with van der Waals surface area (Å²) >= 11 is 3.42. The zero-order valence-corrected chi connectivity index (χ0v) is 11.4. The molecule has 17 heavy (non-hydrogen) atoms. The van der Waals surface area contributed by atoms with Crippen LogP contribution in [0.15, 0.2) is 41.0 Å². The molecule has 2 aromatic rings. The van der Waals surface area contributed by atoms with Crippen LogP contribution in [0.1, 0.15) is 23.7 Å². The molecule has 2 rings (SSSR count). The Morgan fingerprint density at radius 2 is 2.00 bits per heavy atom. The first-order valence-corrected chi connectivity index (χ1v) is 6.44. The molecule has 0 aliphatic heterocycles. The highest BCUT2D eigenvalue weighted by Crippen LogP contribution is 2.19. The summed E-state index contributed by atoms with van der Waals surface area (Å²) < 4.78 is 2.98. The van der Waals surface area contributed by atoms with Crippen LogP contribution < -0.4 is 5.73 Å². The SMILES string of the molecule is Cn1nccc1CCC(N)c1ccc(Br)cc1. The summed E-state index contributed by atoms with van der Waals surface area (Å²) in [6.07, 6.45) is 3.70. The Morgan fingerprint density at radius 1 is 1.29 bits per heavy atom. The van der Waals surface area contributed by atoms with Crippen LogP contribution in [0.2, 0.25) is 0 Å². The van der Waals surface area contributed by atoms with Gasteiger partial charge in [0.05, 0.1) is 0 Å². The minimum absolute atomic E-state index is 0.0815. The van der Waals surface area contributed by atoms with Gasteiger partial charge in [0.25, 0.3) is 0 Å². The van der Waals surface area contributed by atoms with E-state index in [2.05, 4.69) is 33.2 Å². The van der Waals surface area contributed by atoms with Crippen molar-refractivity contribution in [3.63, 3.8) is 0 Å². The Morgan fingerprint density at radius 3 is 2.59 bits per heavy atom. The second-order valence-corrected chi connectivity index (χ2v) is 5.06. The van der Waals surface area contributed by atoms with Gasteiger partial charge in [-0.15, -0.1) is 0 Å². The molecule has 0 spiro atoms. The molecule has 4 heteroatoms. The van der Waals surface area contributed by atoms with E-state index in [9.17, 15) is 0 Å². The standard InChI is InChI=1S/C13H16BrN3/c1-17-12(8-9-16-17)6-7-13(15)10-2-4-11(14)5-3-10/h2-5,8-9,13H,6-7,15H2,1H3. The predicted octanol–water partition coefficient (Wildman–Crippen LogP) is 2.82. The fourth-order valence-corrected chi connectivity index (χ4v) is 2.09. The van der Waals surface area contributed by atoms with Crippen molar-refractivity contribution in [3.8, 4) is 0 Å². The third-order valence-corrected chi connectivity index (χ3v) is 3.46. The first kappa shape index (κ1) is 12.3. The fourth-order valence-electron chi connectivity index (χ4n) is 1.83. The number of nitrogens with zero attached hydrogens (tertiary/aromatic N) is 2. The number of hydrogen-bond donors (Lipinski definition) is 1. The normalized spacial score (nSPS) is 12.6. The van der Waals surface area contributed by atoms with E-state index in [1.54, 1.807) is 0 Å². The molecule has 1 atom stereocenters. The van der Waals surface area contributed by atoms with Crippen LogP contribution in [-0.4, -0.2) is 9.78 Å².